The molecule has 0 spiro atoms. The highest BCUT2D eigenvalue weighted by molar-refractivity contribution is 7.12. The minimum atomic E-state index is 0.251. The van der Waals surface area contributed by atoms with E-state index in [0.717, 1.165) is 23.7 Å². The van der Waals surface area contributed by atoms with Crippen LogP contribution in [0.25, 0.3) is 0 Å². The van der Waals surface area contributed by atoms with Crippen molar-refractivity contribution in [2.75, 3.05) is 18.4 Å². The minimum Gasteiger partial charge on any atom is -0.477 e. The van der Waals surface area contributed by atoms with Crippen LogP contribution in [0.1, 0.15) is 6.42 Å². The second-order valence-electron chi connectivity index (χ2n) is 2.82. The number of nitrogens with one attached hydrogen (secondary N) is 1. The zero-order valence-electron chi connectivity index (χ0n) is 6.75. The van der Waals surface area contributed by atoms with Gasteiger partial charge in [-0.1, -0.05) is 0 Å². The first-order valence-electron chi connectivity index (χ1n) is 4.08. The molecule has 0 saturated carbocycles. The first-order valence-corrected chi connectivity index (χ1v) is 4.96. The van der Waals surface area contributed by atoms with Gasteiger partial charge in [0.15, 0.2) is 5.06 Å². The molecule has 66 valence electrons. The first kappa shape index (κ1) is 7.89. The number of thiophene rings is 1. The highest BCUT2D eigenvalue weighted by Crippen LogP contribution is 2.34. The molecule has 0 aliphatic carbocycles. The van der Waals surface area contributed by atoms with Crippen molar-refractivity contribution in [2.45, 2.75) is 12.5 Å². The van der Waals surface area contributed by atoms with Crippen LogP contribution in [0.2, 0.25) is 0 Å². The first-order chi connectivity index (χ1) is 5.90. The molecule has 0 amide bonds. The summed E-state index contributed by atoms with van der Waals surface area (Å²) in [4.78, 5) is 0. The third-order valence-electron chi connectivity index (χ3n) is 1.91. The van der Waals surface area contributed by atoms with Gasteiger partial charge in [-0.3, -0.25) is 0 Å². The lowest BCUT2D eigenvalue weighted by Crippen LogP contribution is -2.31. The fraction of sp³-hybridized carbons (Fsp3) is 0.500. The van der Waals surface area contributed by atoms with Gasteiger partial charge in [-0.2, -0.15) is 0 Å². The molecule has 2 heterocycles. The third kappa shape index (κ3) is 1.40. The molecule has 1 aliphatic rings. The summed E-state index contributed by atoms with van der Waals surface area (Å²) in [5.41, 5.74) is 6.57. The Morgan fingerprint density at radius 1 is 1.75 bits per heavy atom. The number of fused-ring (bicyclic) bond motifs is 1. The van der Waals surface area contributed by atoms with E-state index in [0.29, 0.717) is 6.54 Å². The quantitative estimate of drug-likeness (QED) is 0.727. The van der Waals surface area contributed by atoms with Gasteiger partial charge in [0.25, 0.3) is 0 Å². The Labute approximate surface area is 75.5 Å². The Kier molecular flexibility index (Phi) is 2.19. The molecule has 0 fully saturated rings. The summed E-state index contributed by atoms with van der Waals surface area (Å²) in [7, 11) is 0. The van der Waals surface area contributed by atoms with Gasteiger partial charge in [0.1, 0.15) is 6.10 Å². The maximum atomic E-state index is 5.69. The van der Waals surface area contributed by atoms with Crippen LogP contribution in [-0.2, 0) is 0 Å². The van der Waals surface area contributed by atoms with E-state index < -0.39 is 0 Å². The van der Waals surface area contributed by atoms with E-state index in [-0.39, 0.29) is 6.10 Å². The van der Waals surface area contributed by atoms with Crippen LogP contribution in [-0.4, -0.2) is 19.2 Å². The molecule has 12 heavy (non-hydrogen) atoms. The monoisotopic (exact) mass is 184 g/mol. The van der Waals surface area contributed by atoms with Gasteiger partial charge in [0.05, 0.1) is 12.2 Å². The van der Waals surface area contributed by atoms with E-state index in [9.17, 15) is 0 Å². The van der Waals surface area contributed by atoms with Gasteiger partial charge < -0.3 is 15.8 Å². The normalized spacial score (nSPS) is 20.9. The number of hydrogen-bond donors (Lipinski definition) is 2. The molecule has 1 aromatic heterocycles. The van der Waals surface area contributed by atoms with Crippen LogP contribution < -0.4 is 15.8 Å². The molecule has 3 nitrogen and oxygen atoms in total. The predicted octanol–water partition coefficient (Wildman–Crippen LogP) is 1.27. The number of anilines is 1. The molecular formula is C8H12N2OS. The van der Waals surface area contributed by atoms with Crippen molar-refractivity contribution in [3.05, 3.63) is 11.4 Å². The second-order valence-corrected chi connectivity index (χ2v) is 3.70. The molecule has 0 aromatic carbocycles. The van der Waals surface area contributed by atoms with E-state index in [1.165, 1.54) is 0 Å². The van der Waals surface area contributed by atoms with E-state index in [4.69, 9.17) is 10.5 Å². The lowest BCUT2D eigenvalue weighted by molar-refractivity contribution is 0.205. The van der Waals surface area contributed by atoms with Crippen LogP contribution in [0.15, 0.2) is 11.4 Å². The maximum Gasteiger partial charge on any atom is 0.197 e. The Bertz CT molecular complexity index is 261. The summed E-state index contributed by atoms with van der Waals surface area (Å²) < 4.78 is 5.69. The average Bonchev–Trinajstić information content (AvgIpc) is 2.51. The van der Waals surface area contributed by atoms with Gasteiger partial charge in [-0.15, -0.1) is 11.3 Å². The zero-order chi connectivity index (χ0) is 8.39. The summed E-state index contributed by atoms with van der Waals surface area (Å²) in [5.74, 6) is 0. The smallest absolute Gasteiger partial charge is 0.197 e. The number of hydrogen-bond acceptors (Lipinski definition) is 4. The average molecular weight is 184 g/mol. The predicted molar refractivity (Wildman–Crippen MR) is 50.9 cm³/mol. The Balaban J connectivity index is 2.05. The molecule has 0 bridgehead atoms. The van der Waals surface area contributed by atoms with Crippen LogP contribution in [0.4, 0.5) is 5.69 Å². The van der Waals surface area contributed by atoms with E-state index in [1.807, 2.05) is 11.4 Å². The molecule has 2 rings (SSSR count). The summed E-state index contributed by atoms with van der Waals surface area (Å²) in [6, 6.07) is 2.04. The fourth-order valence-electron chi connectivity index (χ4n) is 1.28. The lowest BCUT2D eigenvalue weighted by Gasteiger charge is -2.24. The molecule has 1 aromatic rings. The van der Waals surface area contributed by atoms with Gasteiger partial charge in [0.2, 0.25) is 0 Å². The highest BCUT2D eigenvalue weighted by atomic mass is 32.1. The van der Waals surface area contributed by atoms with Crippen molar-refractivity contribution in [2.24, 2.45) is 5.73 Å². The summed E-state index contributed by atoms with van der Waals surface area (Å²) in [6.07, 6.45) is 1.17. The Morgan fingerprint density at radius 2 is 2.67 bits per heavy atom. The van der Waals surface area contributed by atoms with Crippen LogP contribution in [0, 0.1) is 0 Å². The molecule has 3 N–H and O–H groups in total. The lowest BCUT2D eigenvalue weighted by atomic mass is 10.2. The maximum absolute atomic E-state index is 5.69. The summed E-state index contributed by atoms with van der Waals surface area (Å²) in [6.45, 7) is 1.56. The molecule has 0 radical (unpaired) electrons. The molecule has 4 heteroatoms. The number of nitrogens with two attached hydrogens (primary N) is 1. The van der Waals surface area contributed by atoms with Crippen LogP contribution in [0.3, 0.4) is 0 Å². The van der Waals surface area contributed by atoms with E-state index >= 15 is 0 Å². The van der Waals surface area contributed by atoms with Crippen molar-refractivity contribution in [1.82, 2.24) is 0 Å². The topological polar surface area (TPSA) is 47.3 Å². The molecule has 1 aliphatic heterocycles. The van der Waals surface area contributed by atoms with Gasteiger partial charge in [0, 0.05) is 0 Å². The van der Waals surface area contributed by atoms with Crippen molar-refractivity contribution in [3.63, 3.8) is 0 Å². The van der Waals surface area contributed by atoms with Gasteiger partial charge in [-0.05, 0) is 24.4 Å². The molecule has 1 atom stereocenters. The Hall–Kier alpha value is -0.740. The van der Waals surface area contributed by atoms with Crippen LogP contribution in [0.5, 0.6) is 5.06 Å². The minimum absolute atomic E-state index is 0.251. The number of rotatable bonds is 2. The second kappa shape index (κ2) is 3.33. The molecular weight excluding hydrogens is 172 g/mol. The third-order valence-corrected chi connectivity index (χ3v) is 2.71. The SMILES string of the molecule is NCCC1CNc2ccsc2O1. The van der Waals surface area contributed by atoms with E-state index in [1.54, 1.807) is 11.3 Å². The van der Waals surface area contributed by atoms with Gasteiger partial charge in [-0.25, -0.2) is 0 Å². The Morgan fingerprint density at radius 3 is 3.50 bits per heavy atom. The highest BCUT2D eigenvalue weighted by Gasteiger charge is 2.18. The largest absolute Gasteiger partial charge is 0.477 e. The fourth-order valence-corrected chi connectivity index (χ4v) is 2.07. The van der Waals surface area contributed by atoms with Crippen molar-refractivity contribution in [3.8, 4) is 5.06 Å². The molecule has 0 saturated heterocycles. The molecule has 1 unspecified atom stereocenters. The van der Waals surface area contributed by atoms with Gasteiger partial charge >= 0.3 is 0 Å². The number of ether oxygens (including phenoxy) is 1. The summed E-state index contributed by atoms with van der Waals surface area (Å²) in [5, 5.41) is 6.34. The van der Waals surface area contributed by atoms with Crippen molar-refractivity contribution in [1.29, 1.82) is 0 Å². The van der Waals surface area contributed by atoms with Crippen molar-refractivity contribution < 1.29 is 4.74 Å². The standard InChI is InChI=1S/C8H12N2OS/c9-3-1-6-5-10-7-2-4-12-8(7)11-6/h2,4,6,10H,1,3,5,9H2. The zero-order valence-corrected chi connectivity index (χ0v) is 7.56. The van der Waals surface area contributed by atoms with Crippen molar-refractivity contribution >= 4 is 17.0 Å². The van der Waals surface area contributed by atoms with E-state index in [2.05, 4.69) is 5.32 Å². The van der Waals surface area contributed by atoms with Crippen LogP contribution >= 0.6 is 11.3 Å². The summed E-state index contributed by atoms with van der Waals surface area (Å²) >= 11 is 1.63.